The minimum atomic E-state index is 0.256. The molecule has 1 N–H and O–H groups in total. The third kappa shape index (κ3) is 4.43. The summed E-state index contributed by atoms with van der Waals surface area (Å²) in [6.45, 7) is 7.50. The van der Waals surface area contributed by atoms with E-state index in [4.69, 9.17) is 4.74 Å². The third-order valence-electron chi connectivity index (χ3n) is 2.61. The summed E-state index contributed by atoms with van der Waals surface area (Å²) in [5, 5.41) is 4.66. The Morgan fingerprint density at radius 1 is 1.54 bits per heavy atom. The van der Waals surface area contributed by atoms with Crippen LogP contribution in [0.3, 0.4) is 0 Å². The Kier molecular flexibility index (Phi) is 4.70. The van der Waals surface area contributed by atoms with Crippen LogP contribution in [-0.2, 0) is 4.74 Å². The van der Waals surface area contributed by atoms with Crippen molar-refractivity contribution >= 4 is 15.9 Å². The number of halogens is 1. The second kappa shape index (κ2) is 5.32. The normalized spacial score (nSPS) is 23.8. The molecule has 78 valence electrons. The molecule has 0 radical (unpaired) electrons. The lowest BCUT2D eigenvalue weighted by Crippen LogP contribution is -2.42. The number of hydrogen-bond acceptors (Lipinski definition) is 2. The summed E-state index contributed by atoms with van der Waals surface area (Å²) in [4.78, 5) is 0. The molecule has 1 unspecified atom stereocenters. The van der Waals surface area contributed by atoms with Crippen molar-refractivity contribution in [2.24, 2.45) is 5.92 Å². The molecule has 0 aromatic carbocycles. The zero-order valence-electron chi connectivity index (χ0n) is 8.61. The van der Waals surface area contributed by atoms with Gasteiger partial charge in [-0.05, 0) is 32.6 Å². The summed E-state index contributed by atoms with van der Waals surface area (Å²) < 4.78 is 5.33. The van der Waals surface area contributed by atoms with Gasteiger partial charge in [-0.2, -0.15) is 0 Å². The number of alkyl halides is 1. The van der Waals surface area contributed by atoms with E-state index in [1.807, 2.05) is 0 Å². The van der Waals surface area contributed by atoms with E-state index in [-0.39, 0.29) is 5.54 Å². The molecule has 0 amide bonds. The maximum Gasteiger partial charge on any atom is 0.0507 e. The van der Waals surface area contributed by atoms with E-state index >= 15 is 0 Å². The third-order valence-corrected chi connectivity index (χ3v) is 3.01. The first-order valence-corrected chi connectivity index (χ1v) is 6.15. The highest BCUT2D eigenvalue weighted by molar-refractivity contribution is 9.09. The standard InChI is InChI=1S/C10H20BrNO/c1-10(2,4-5-11)12-7-9-3-6-13-8-9/h9,12H,3-8H2,1-2H3. The van der Waals surface area contributed by atoms with Crippen molar-refractivity contribution in [3.8, 4) is 0 Å². The van der Waals surface area contributed by atoms with Crippen LogP contribution in [0.5, 0.6) is 0 Å². The Hall–Kier alpha value is 0.400. The molecule has 1 aliphatic heterocycles. The summed E-state index contributed by atoms with van der Waals surface area (Å²) in [6.07, 6.45) is 2.39. The first kappa shape index (κ1) is 11.5. The van der Waals surface area contributed by atoms with Crippen molar-refractivity contribution in [3.63, 3.8) is 0 Å². The van der Waals surface area contributed by atoms with Gasteiger partial charge in [-0.15, -0.1) is 0 Å². The van der Waals surface area contributed by atoms with Crippen LogP contribution < -0.4 is 5.32 Å². The van der Waals surface area contributed by atoms with E-state index in [1.54, 1.807) is 0 Å². The highest BCUT2D eigenvalue weighted by Gasteiger charge is 2.20. The maximum absolute atomic E-state index is 5.33. The predicted molar refractivity (Wildman–Crippen MR) is 59.4 cm³/mol. The van der Waals surface area contributed by atoms with Crippen LogP contribution in [0.15, 0.2) is 0 Å². The van der Waals surface area contributed by atoms with Crippen molar-refractivity contribution in [3.05, 3.63) is 0 Å². The van der Waals surface area contributed by atoms with Gasteiger partial charge in [0.25, 0.3) is 0 Å². The van der Waals surface area contributed by atoms with Crippen molar-refractivity contribution < 1.29 is 4.74 Å². The predicted octanol–water partition coefficient (Wildman–Crippen LogP) is 2.18. The second-order valence-corrected chi connectivity index (χ2v) is 5.23. The molecule has 3 heteroatoms. The van der Waals surface area contributed by atoms with Gasteiger partial charge >= 0.3 is 0 Å². The summed E-state index contributed by atoms with van der Waals surface area (Å²) in [5.74, 6) is 0.731. The molecule has 1 rings (SSSR count). The van der Waals surface area contributed by atoms with Crippen LogP contribution in [0.4, 0.5) is 0 Å². The first-order chi connectivity index (χ1) is 6.14. The zero-order chi connectivity index (χ0) is 9.73. The van der Waals surface area contributed by atoms with Crippen LogP contribution in [-0.4, -0.2) is 30.6 Å². The number of ether oxygens (including phenoxy) is 1. The molecular weight excluding hydrogens is 230 g/mol. The molecule has 0 aliphatic carbocycles. The van der Waals surface area contributed by atoms with Crippen LogP contribution >= 0.6 is 15.9 Å². The second-order valence-electron chi connectivity index (χ2n) is 4.43. The average Bonchev–Trinajstić information content (AvgIpc) is 2.52. The van der Waals surface area contributed by atoms with Crippen molar-refractivity contribution in [2.45, 2.75) is 32.2 Å². The number of rotatable bonds is 5. The molecule has 0 saturated carbocycles. The topological polar surface area (TPSA) is 21.3 Å². The van der Waals surface area contributed by atoms with Gasteiger partial charge in [-0.3, -0.25) is 0 Å². The maximum atomic E-state index is 5.33. The van der Waals surface area contributed by atoms with E-state index in [9.17, 15) is 0 Å². The van der Waals surface area contributed by atoms with Gasteiger partial charge < -0.3 is 10.1 Å². The fourth-order valence-corrected chi connectivity index (χ4v) is 2.48. The molecule has 1 fully saturated rings. The van der Waals surface area contributed by atoms with Crippen molar-refractivity contribution in [2.75, 3.05) is 25.1 Å². The van der Waals surface area contributed by atoms with Crippen LogP contribution in [0, 0.1) is 5.92 Å². The smallest absolute Gasteiger partial charge is 0.0507 e. The minimum Gasteiger partial charge on any atom is -0.381 e. The molecule has 2 nitrogen and oxygen atoms in total. The average molecular weight is 250 g/mol. The van der Waals surface area contributed by atoms with Gasteiger partial charge in [0.1, 0.15) is 0 Å². The summed E-state index contributed by atoms with van der Waals surface area (Å²) in [7, 11) is 0. The molecular formula is C10H20BrNO. The van der Waals surface area contributed by atoms with Crippen molar-refractivity contribution in [1.82, 2.24) is 5.32 Å². The van der Waals surface area contributed by atoms with Crippen LogP contribution in [0.25, 0.3) is 0 Å². The Bertz CT molecular complexity index is 144. The van der Waals surface area contributed by atoms with Crippen molar-refractivity contribution in [1.29, 1.82) is 0 Å². The van der Waals surface area contributed by atoms with E-state index in [0.717, 1.165) is 31.0 Å². The Labute approximate surface area is 89.5 Å². The molecule has 1 saturated heterocycles. The fraction of sp³-hybridized carbons (Fsp3) is 1.00. The van der Waals surface area contributed by atoms with E-state index < -0.39 is 0 Å². The number of hydrogen-bond donors (Lipinski definition) is 1. The highest BCUT2D eigenvalue weighted by atomic mass is 79.9. The Morgan fingerprint density at radius 3 is 2.85 bits per heavy atom. The van der Waals surface area contributed by atoms with E-state index in [0.29, 0.717) is 0 Å². The van der Waals surface area contributed by atoms with Gasteiger partial charge in [0.2, 0.25) is 0 Å². The first-order valence-electron chi connectivity index (χ1n) is 5.03. The summed E-state index contributed by atoms with van der Waals surface area (Å²) in [5.41, 5.74) is 0.256. The molecule has 0 aromatic heterocycles. The van der Waals surface area contributed by atoms with Gasteiger partial charge in [-0.25, -0.2) is 0 Å². The highest BCUT2D eigenvalue weighted by Crippen LogP contribution is 2.15. The van der Waals surface area contributed by atoms with E-state index in [1.165, 1.54) is 12.8 Å². The zero-order valence-corrected chi connectivity index (χ0v) is 10.2. The lowest BCUT2D eigenvalue weighted by Gasteiger charge is -2.27. The Balaban J connectivity index is 2.15. The summed E-state index contributed by atoms with van der Waals surface area (Å²) in [6, 6.07) is 0. The Morgan fingerprint density at radius 2 is 2.31 bits per heavy atom. The summed E-state index contributed by atoms with van der Waals surface area (Å²) >= 11 is 3.47. The van der Waals surface area contributed by atoms with Gasteiger partial charge in [0, 0.05) is 24.0 Å². The largest absolute Gasteiger partial charge is 0.381 e. The monoisotopic (exact) mass is 249 g/mol. The molecule has 13 heavy (non-hydrogen) atoms. The molecule has 1 aliphatic rings. The van der Waals surface area contributed by atoms with E-state index in [2.05, 4.69) is 35.1 Å². The molecule has 0 bridgehead atoms. The molecule has 1 atom stereocenters. The van der Waals surface area contributed by atoms with Gasteiger partial charge in [-0.1, -0.05) is 15.9 Å². The van der Waals surface area contributed by atoms with Gasteiger partial charge in [0.15, 0.2) is 0 Å². The minimum absolute atomic E-state index is 0.256. The quantitative estimate of drug-likeness (QED) is 0.755. The van der Waals surface area contributed by atoms with Gasteiger partial charge in [0.05, 0.1) is 6.61 Å². The molecule has 0 spiro atoms. The SMILES string of the molecule is CC(C)(CCBr)NCC1CCOC1. The van der Waals surface area contributed by atoms with Crippen LogP contribution in [0.2, 0.25) is 0 Å². The number of nitrogens with one attached hydrogen (secondary N) is 1. The fourth-order valence-electron chi connectivity index (χ4n) is 1.49. The molecule has 0 aromatic rings. The lowest BCUT2D eigenvalue weighted by molar-refractivity contribution is 0.183. The lowest BCUT2D eigenvalue weighted by atomic mass is 10.0. The van der Waals surface area contributed by atoms with Crippen LogP contribution in [0.1, 0.15) is 26.7 Å². The molecule has 1 heterocycles.